The van der Waals surface area contributed by atoms with E-state index in [0.29, 0.717) is 6.04 Å². The molecule has 0 amide bonds. The summed E-state index contributed by atoms with van der Waals surface area (Å²) in [6.07, 6.45) is 6.85. The quantitative estimate of drug-likeness (QED) is 0.895. The lowest BCUT2D eigenvalue weighted by atomic mass is 9.95. The predicted octanol–water partition coefficient (Wildman–Crippen LogP) is 3.01. The number of benzene rings is 1. The molecule has 3 rings (SSSR count). The van der Waals surface area contributed by atoms with E-state index in [9.17, 15) is 0 Å². The van der Waals surface area contributed by atoms with Gasteiger partial charge in [-0.2, -0.15) is 5.10 Å². The Bertz CT molecular complexity index is 464. The topological polar surface area (TPSA) is 31.9 Å². The molecule has 1 aromatic carbocycles. The molecule has 1 fully saturated rings. The molecule has 0 saturated carbocycles. The molecule has 0 aliphatic carbocycles. The Morgan fingerprint density at radius 1 is 1.17 bits per heavy atom. The van der Waals surface area contributed by atoms with Gasteiger partial charge < -0.3 is 4.90 Å². The summed E-state index contributed by atoms with van der Waals surface area (Å²) in [7, 11) is 0. The highest BCUT2D eigenvalue weighted by Gasteiger charge is 2.23. The van der Waals surface area contributed by atoms with Gasteiger partial charge in [-0.1, -0.05) is 30.3 Å². The SMILES string of the molecule is c1ccc(CC2CCCCN2c2ccn[nH]2)cc1. The third kappa shape index (κ3) is 2.40. The Morgan fingerprint density at radius 3 is 2.83 bits per heavy atom. The average Bonchev–Trinajstić information content (AvgIpc) is 2.94. The van der Waals surface area contributed by atoms with Crippen LogP contribution in [0.25, 0.3) is 0 Å². The van der Waals surface area contributed by atoms with Crippen LogP contribution < -0.4 is 4.90 Å². The van der Waals surface area contributed by atoms with Crippen LogP contribution >= 0.6 is 0 Å². The monoisotopic (exact) mass is 241 g/mol. The smallest absolute Gasteiger partial charge is 0.124 e. The number of nitrogens with one attached hydrogen (secondary N) is 1. The van der Waals surface area contributed by atoms with Gasteiger partial charge >= 0.3 is 0 Å². The van der Waals surface area contributed by atoms with Crippen LogP contribution in [0.15, 0.2) is 42.6 Å². The van der Waals surface area contributed by atoms with Crippen molar-refractivity contribution in [2.75, 3.05) is 11.4 Å². The van der Waals surface area contributed by atoms with Crippen LogP contribution in [0.3, 0.4) is 0 Å². The van der Waals surface area contributed by atoms with E-state index < -0.39 is 0 Å². The minimum Gasteiger partial charge on any atom is -0.354 e. The first-order chi connectivity index (χ1) is 8.93. The molecule has 1 aromatic heterocycles. The maximum absolute atomic E-state index is 4.07. The summed E-state index contributed by atoms with van der Waals surface area (Å²) in [5, 5.41) is 7.17. The van der Waals surface area contributed by atoms with Crippen molar-refractivity contribution in [1.29, 1.82) is 0 Å². The number of piperidine rings is 1. The summed E-state index contributed by atoms with van der Waals surface area (Å²) < 4.78 is 0. The van der Waals surface area contributed by atoms with E-state index >= 15 is 0 Å². The highest BCUT2D eigenvalue weighted by atomic mass is 15.3. The summed E-state index contributed by atoms with van der Waals surface area (Å²) in [6, 6.07) is 13.4. The predicted molar refractivity (Wildman–Crippen MR) is 73.7 cm³/mol. The lowest BCUT2D eigenvalue weighted by Crippen LogP contribution is -2.41. The molecule has 94 valence electrons. The fraction of sp³-hybridized carbons (Fsp3) is 0.400. The van der Waals surface area contributed by atoms with E-state index in [4.69, 9.17) is 0 Å². The second-order valence-electron chi connectivity index (χ2n) is 4.97. The summed E-state index contributed by atoms with van der Waals surface area (Å²) in [6.45, 7) is 1.14. The van der Waals surface area contributed by atoms with Gasteiger partial charge in [0.25, 0.3) is 0 Å². The summed E-state index contributed by atoms with van der Waals surface area (Å²) in [4.78, 5) is 2.48. The first kappa shape index (κ1) is 11.3. The zero-order chi connectivity index (χ0) is 12.2. The van der Waals surface area contributed by atoms with E-state index in [1.165, 1.54) is 24.8 Å². The number of anilines is 1. The molecule has 2 aromatic rings. The van der Waals surface area contributed by atoms with Crippen molar-refractivity contribution in [2.45, 2.75) is 31.7 Å². The molecule has 1 unspecified atom stereocenters. The second kappa shape index (κ2) is 5.25. The average molecular weight is 241 g/mol. The molecular formula is C15H19N3. The third-order valence-corrected chi connectivity index (χ3v) is 3.74. The van der Waals surface area contributed by atoms with Gasteiger partial charge in [-0.05, 0) is 31.2 Å². The van der Waals surface area contributed by atoms with Crippen molar-refractivity contribution in [3.63, 3.8) is 0 Å². The number of aromatic nitrogens is 2. The van der Waals surface area contributed by atoms with Gasteiger partial charge in [-0.15, -0.1) is 0 Å². The third-order valence-electron chi connectivity index (χ3n) is 3.74. The number of aromatic amines is 1. The molecular weight excluding hydrogens is 222 g/mol. The molecule has 3 heteroatoms. The largest absolute Gasteiger partial charge is 0.354 e. The van der Waals surface area contributed by atoms with Crippen LogP contribution in [0.4, 0.5) is 5.82 Å². The van der Waals surface area contributed by atoms with E-state index in [1.807, 2.05) is 6.20 Å². The van der Waals surface area contributed by atoms with Crippen molar-refractivity contribution in [2.24, 2.45) is 0 Å². The van der Waals surface area contributed by atoms with Crippen LogP contribution in [-0.2, 0) is 6.42 Å². The lowest BCUT2D eigenvalue weighted by molar-refractivity contribution is 0.454. The highest BCUT2D eigenvalue weighted by Crippen LogP contribution is 2.25. The van der Waals surface area contributed by atoms with E-state index in [0.717, 1.165) is 18.8 Å². The molecule has 1 saturated heterocycles. The Hall–Kier alpha value is -1.77. The normalized spacial score (nSPS) is 20.0. The Labute approximate surface area is 108 Å². The number of hydrogen-bond donors (Lipinski definition) is 1. The van der Waals surface area contributed by atoms with Gasteiger partial charge in [-0.25, -0.2) is 0 Å². The van der Waals surface area contributed by atoms with Gasteiger partial charge in [0, 0.05) is 18.7 Å². The fourth-order valence-electron chi connectivity index (χ4n) is 2.82. The van der Waals surface area contributed by atoms with Crippen LogP contribution in [0.5, 0.6) is 0 Å². The number of nitrogens with zero attached hydrogens (tertiary/aromatic N) is 2. The van der Waals surface area contributed by atoms with Crippen LogP contribution in [-0.4, -0.2) is 22.8 Å². The fourth-order valence-corrected chi connectivity index (χ4v) is 2.82. The van der Waals surface area contributed by atoms with Crippen molar-refractivity contribution >= 4 is 5.82 Å². The summed E-state index contributed by atoms with van der Waals surface area (Å²) in [5.74, 6) is 1.16. The first-order valence-electron chi connectivity index (χ1n) is 6.73. The highest BCUT2D eigenvalue weighted by molar-refractivity contribution is 5.39. The maximum atomic E-state index is 4.07. The van der Waals surface area contributed by atoms with Crippen LogP contribution in [0, 0.1) is 0 Å². The molecule has 1 aliphatic heterocycles. The zero-order valence-electron chi connectivity index (χ0n) is 10.5. The Morgan fingerprint density at radius 2 is 2.06 bits per heavy atom. The van der Waals surface area contributed by atoms with E-state index in [1.54, 1.807) is 0 Å². The maximum Gasteiger partial charge on any atom is 0.124 e. The van der Waals surface area contributed by atoms with Crippen LogP contribution in [0.2, 0.25) is 0 Å². The molecule has 18 heavy (non-hydrogen) atoms. The van der Waals surface area contributed by atoms with Gasteiger partial charge in [0.2, 0.25) is 0 Å². The lowest BCUT2D eigenvalue weighted by Gasteiger charge is -2.36. The van der Waals surface area contributed by atoms with Crippen molar-refractivity contribution in [3.8, 4) is 0 Å². The molecule has 1 atom stereocenters. The Kier molecular flexibility index (Phi) is 3.31. The summed E-state index contributed by atoms with van der Waals surface area (Å²) in [5.41, 5.74) is 1.42. The molecule has 1 N–H and O–H groups in total. The van der Waals surface area contributed by atoms with Gasteiger partial charge in [0.15, 0.2) is 0 Å². The number of hydrogen-bond acceptors (Lipinski definition) is 2. The van der Waals surface area contributed by atoms with Crippen molar-refractivity contribution in [1.82, 2.24) is 10.2 Å². The number of rotatable bonds is 3. The van der Waals surface area contributed by atoms with Gasteiger partial charge in [0.1, 0.15) is 5.82 Å². The van der Waals surface area contributed by atoms with Crippen LogP contribution in [0.1, 0.15) is 24.8 Å². The van der Waals surface area contributed by atoms with E-state index in [2.05, 4.69) is 51.5 Å². The molecule has 1 aliphatic rings. The van der Waals surface area contributed by atoms with Crippen molar-refractivity contribution < 1.29 is 0 Å². The molecule has 3 nitrogen and oxygen atoms in total. The molecule has 0 spiro atoms. The standard InChI is InChI=1S/C15H19N3/c1-2-6-13(7-3-1)12-14-8-4-5-11-18(14)15-9-10-16-17-15/h1-3,6-7,9-10,14H,4-5,8,11-12H2,(H,16,17). The van der Waals surface area contributed by atoms with Crippen molar-refractivity contribution in [3.05, 3.63) is 48.2 Å². The minimum absolute atomic E-state index is 0.599. The molecule has 0 radical (unpaired) electrons. The second-order valence-corrected chi connectivity index (χ2v) is 4.97. The first-order valence-corrected chi connectivity index (χ1v) is 6.73. The van der Waals surface area contributed by atoms with Gasteiger partial charge in [0.05, 0.1) is 6.20 Å². The zero-order valence-corrected chi connectivity index (χ0v) is 10.5. The Balaban J connectivity index is 1.76. The molecule has 0 bridgehead atoms. The van der Waals surface area contributed by atoms with Gasteiger partial charge in [-0.3, -0.25) is 5.10 Å². The van der Waals surface area contributed by atoms with E-state index in [-0.39, 0.29) is 0 Å². The number of H-pyrrole nitrogens is 1. The minimum atomic E-state index is 0.599. The molecule has 2 heterocycles. The summed E-state index contributed by atoms with van der Waals surface area (Å²) >= 11 is 0.